The van der Waals surface area contributed by atoms with Crippen molar-refractivity contribution < 1.29 is 14.9 Å². The quantitative estimate of drug-likeness (QED) is 0.696. The Hall–Kier alpha value is -1.92. The fourth-order valence-corrected chi connectivity index (χ4v) is 3.85. The van der Waals surface area contributed by atoms with Gasteiger partial charge in [0.15, 0.2) is 0 Å². The molecule has 2 aromatic rings. The predicted molar refractivity (Wildman–Crippen MR) is 111 cm³/mol. The number of hydrogen-bond donors (Lipinski definition) is 2. The van der Waals surface area contributed by atoms with Crippen LogP contribution in [0.1, 0.15) is 23.1 Å². The summed E-state index contributed by atoms with van der Waals surface area (Å²) in [4.78, 5) is 4.99. The maximum absolute atomic E-state index is 9.56. The molecular formula is C23H32N2O3. The molecule has 2 N–H and O–H groups in total. The second kappa shape index (κ2) is 10.6. The molecule has 1 heterocycles. The van der Waals surface area contributed by atoms with Crippen LogP contribution in [0.15, 0.2) is 48.5 Å². The van der Waals surface area contributed by atoms with Crippen LogP contribution < -0.4 is 4.74 Å². The van der Waals surface area contributed by atoms with Gasteiger partial charge in [0.25, 0.3) is 0 Å². The van der Waals surface area contributed by atoms with E-state index >= 15 is 0 Å². The Morgan fingerprint density at radius 3 is 2.46 bits per heavy atom. The number of ether oxygens (including phenoxy) is 1. The van der Waals surface area contributed by atoms with Crippen molar-refractivity contribution in [3.63, 3.8) is 0 Å². The largest absolute Gasteiger partial charge is 0.491 e. The summed E-state index contributed by atoms with van der Waals surface area (Å²) in [6, 6.07) is 17.0. The molecule has 5 heteroatoms. The van der Waals surface area contributed by atoms with Gasteiger partial charge in [-0.1, -0.05) is 36.4 Å². The molecule has 152 valence electrons. The second-order valence-electron chi connectivity index (χ2n) is 7.51. The Bertz CT molecular complexity index is 720. The molecule has 0 saturated carbocycles. The molecule has 0 radical (unpaired) electrons. The van der Waals surface area contributed by atoms with E-state index in [4.69, 9.17) is 9.84 Å². The molecular weight excluding hydrogens is 352 g/mol. The molecule has 0 bridgehead atoms. The monoisotopic (exact) mass is 384 g/mol. The standard InChI is InChI=1S/C23H32N2O3/c1-19-4-2-3-5-21(19)17-25-12-11-24(18-22(25)10-13-26)16-20-6-8-23(9-7-20)28-15-14-27/h2-9,22,26-27H,10-18H2,1H3. The fraction of sp³-hybridized carbons (Fsp3) is 0.478. The van der Waals surface area contributed by atoms with Crippen LogP contribution in [0, 0.1) is 6.92 Å². The third kappa shape index (κ3) is 5.79. The van der Waals surface area contributed by atoms with Gasteiger partial charge in [0, 0.05) is 45.4 Å². The molecule has 1 unspecified atom stereocenters. The Kier molecular flexibility index (Phi) is 7.86. The summed E-state index contributed by atoms with van der Waals surface area (Å²) in [6.45, 7) is 7.59. The Morgan fingerprint density at radius 1 is 0.964 bits per heavy atom. The van der Waals surface area contributed by atoms with Gasteiger partial charge >= 0.3 is 0 Å². The van der Waals surface area contributed by atoms with Gasteiger partial charge in [-0.25, -0.2) is 0 Å². The molecule has 0 aliphatic carbocycles. The van der Waals surface area contributed by atoms with Crippen LogP contribution in [0.2, 0.25) is 0 Å². The lowest BCUT2D eigenvalue weighted by Gasteiger charge is -2.41. The second-order valence-corrected chi connectivity index (χ2v) is 7.51. The number of nitrogens with zero attached hydrogens (tertiary/aromatic N) is 2. The minimum atomic E-state index is 0.0286. The van der Waals surface area contributed by atoms with E-state index in [0.29, 0.717) is 12.6 Å². The molecule has 1 aliphatic rings. The van der Waals surface area contributed by atoms with E-state index in [0.717, 1.165) is 44.9 Å². The van der Waals surface area contributed by atoms with E-state index < -0.39 is 0 Å². The van der Waals surface area contributed by atoms with Crippen LogP contribution in [0.25, 0.3) is 0 Å². The smallest absolute Gasteiger partial charge is 0.119 e. The Balaban J connectivity index is 1.58. The number of hydrogen-bond acceptors (Lipinski definition) is 5. The number of aliphatic hydroxyl groups is 2. The van der Waals surface area contributed by atoms with Crippen molar-refractivity contribution in [2.24, 2.45) is 0 Å². The van der Waals surface area contributed by atoms with Crippen LogP contribution in [-0.4, -0.2) is 65.5 Å². The number of piperazine rings is 1. The first-order chi connectivity index (χ1) is 13.7. The predicted octanol–water partition coefficient (Wildman–Crippen LogP) is 2.43. The Morgan fingerprint density at radius 2 is 1.75 bits per heavy atom. The first-order valence-electron chi connectivity index (χ1n) is 10.1. The van der Waals surface area contributed by atoms with Gasteiger partial charge in [-0.2, -0.15) is 0 Å². The zero-order chi connectivity index (χ0) is 19.8. The van der Waals surface area contributed by atoms with Crippen LogP contribution in [-0.2, 0) is 13.1 Å². The Labute approximate surface area is 168 Å². The molecule has 1 atom stereocenters. The highest BCUT2D eigenvalue weighted by Gasteiger charge is 2.26. The molecule has 3 rings (SSSR count). The average molecular weight is 385 g/mol. The summed E-state index contributed by atoms with van der Waals surface area (Å²) in [7, 11) is 0. The number of benzene rings is 2. The zero-order valence-corrected chi connectivity index (χ0v) is 16.8. The van der Waals surface area contributed by atoms with Crippen molar-refractivity contribution in [2.75, 3.05) is 39.5 Å². The van der Waals surface area contributed by atoms with Crippen molar-refractivity contribution in [1.82, 2.24) is 9.80 Å². The molecule has 28 heavy (non-hydrogen) atoms. The molecule has 0 spiro atoms. The van der Waals surface area contributed by atoms with Crippen molar-refractivity contribution >= 4 is 0 Å². The van der Waals surface area contributed by atoms with Gasteiger partial charge in [0.05, 0.1) is 6.61 Å². The van der Waals surface area contributed by atoms with Crippen LogP contribution in [0.3, 0.4) is 0 Å². The van der Waals surface area contributed by atoms with E-state index in [1.165, 1.54) is 16.7 Å². The first-order valence-corrected chi connectivity index (χ1v) is 10.1. The zero-order valence-electron chi connectivity index (χ0n) is 16.8. The maximum atomic E-state index is 9.56. The van der Waals surface area contributed by atoms with Gasteiger partial charge in [0.1, 0.15) is 12.4 Å². The van der Waals surface area contributed by atoms with Crippen molar-refractivity contribution in [1.29, 1.82) is 0 Å². The topological polar surface area (TPSA) is 56.2 Å². The minimum absolute atomic E-state index is 0.0286. The van der Waals surface area contributed by atoms with Crippen LogP contribution in [0.5, 0.6) is 5.75 Å². The van der Waals surface area contributed by atoms with E-state index in [1.807, 2.05) is 12.1 Å². The first kappa shape index (κ1) is 20.8. The average Bonchev–Trinajstić information content (AvgIpc) is 2.71. The van der Waals surface area contributed by atoms with E-state index in [-0.39, 0.29) is 13.2 Å². The molecule has 5 nitrogen and oxygen atoms in total. The van der Waals surface area contributed by atoms with Crippen molar-refractivity contribution in [2.45, 2.75) is 32.5 Å². The fourth-order valence-electron chi connectivity index (χ4n) is 3.85. The highest BCUT2D eigenvalue weighted by atomic mass is 16.5. The molecule has 0 aromatic heterocycles. The summed E-state index contributed by atoms with van der Waals surface area (Å²) in [5, 5.41) is 18.4. The van der Waals surface area contributed by atoms with Gasteiger partial charge in [-0.15, -0.1) is 0 Å². The lowest BCUT2D eigenvalue weighted by Crippen LogP contribution is -2.52. The van der Waals surface area contributed by atoms with E-state index in [2.05, 4.69) is 53.1 Å². The number of aliphatic hydroxyl groups excluding tert-OH is 2. The van der Waals surface area contributed by atoms with Crippen molar-refractivity contribution in [3.8, 4) is 5.75 Å². The molecule has 1 saturated heterocycles. The molecule has 1 aliphatic heterocycles. The van der Waals surface area contributed by atoms with Crippen molar-refractivity contribution in [3.05, 3.63) is 65.2 Å². The van der Waals surface area contributed by atoms with Gasteiger partial charge in [-0.3, -0.25) is 9.80 Å². The summed E-state index contributed by atoms with van der Waals surface area (Å²) in [5.41, 5.74) is 3.96. The third-order valence-corrected chi connectivity index (χ3v) is 5.48. The molecule has 0 amide bonds. The summed E-state index contributed by atoms with van der Waals surface area (Å²) in [6.07, 6.45) is 0.802. The number of aryl methyl sites for hydroxylation is 1. The van der Waals surface area contributed by atoms with E-state index in [9.17, 15) is 5.11 Å². The van der Waals surface area contributed by atoms with Gasteiger partial charge in [-0.05, 0) is 42.2 Å². The highest BCUT2D eigenvalue weighted by molar-refractivity contribution is 5.27. The lowest BCUT2D eigenvalue weighted by molar-refractivity contribution is 0.0498. The maximum Gasteiger partial charge on any atom is 0.119 e. The molecule has 1 fully saturated rings. The van der Waals surface area contributed by atoms with Crippen LogP contribution in [0.4, 0.5) is 0 Å². The summed E-state index contributed by atoms with van der Waals surface area (Å²) in [5.74, 6) is 0.791. The van der Waals surface area contributed by atoms with Gasteiger partial charge < -0.3 is 14.9 Å². The SMILES string of the molecule is Cc1ccccc1CN1CCN(Cc2ccc(OCCO)cc2)CC1CCO. The minimum Gasteiger partial charge on any atom is -0.491 e. The highest BCUT2D eigenvalue weighted by Crippen LogP contribution is 2.20. The third-order valence-electron chi connectivity index (χ3n) is 5.48. The normalized spacial score (nSPS) is 18.3. The van der Waals surface area contributed by atoms with Gasteiger partial charge in [0.2, 0.25) is 0 Å². The summed E-state index contributed by atoms with van der Waals surface area (Å²) < 4.78 is 5.43. The van der Waals surface area contributed by atoms with Crippen LogP contribution >= 0.6 is 0 Å². The number of rotatable bonds is 9. The summed E-state index contributed by atoms with van der Waals surface area (Å²) >= 11 is 0. The van der Waals surface area contributed by atoms with E-state index in [1.54, 1.807) is 0 Å². The lowest BCUT2D eigenvalue weighted by atomic mass is 10.0. The molecule has 2 aromatic carbocycles.